The van der Waals surface area contributed by atoms with Crippen LogP contribution in [0.4, 0.5) is 18.9 Å². The van der Waals surface area contributed by atoms with Crippen LogP contribution in [0.25, 0.3) is 10.9 Å². The fourth-order valence-electron chi connectivity index (χ4n) is 4.09. The molecule has 0 saturated heterocycles. The minimum atomic E-state index is -4.58. The van der Waals surface area contributed by atoms with Gasteiger partial charge in [0.05, 0.1) is 11.4 Å². The van der Waals surface area contributed by atoms with Crippen LogP contribution in [0.2, 0.25) is 0 Å². The van der Waals surface area contributed by atoms with Crippen molar-refractivity contribution < 1.29 is 13.2 Å². The molecule has 5 rings (SSSR count). The molecule has 0 fully saturated rings. The molecule has 2 aromatic carbocycles. The molecule has 1 unspecified atom stereocenters. The summed E-state index contributed by atoms with van der Waals surface area (Å²) >= 11 is 0. The Kier molecular flexibility index (Phi) is 3.22. The summed E-state index contributed by atoms with van der Waals surface area (Å²) in [5, 5.41) is 3.66. The summed E-state index contributed by atoms with van der Waals surface area (Å²) in [5.74, 6) is 0. The number of anilines is 1. The van der Waals surface area contributed by atoms with E-state index in [-0.39, 0.29) is 11.4 Å². The van der Waals surface area contributed by atoms with Gasteiger partial charge in [-0.3, -0.25) is 0 Å². The van der Waals surface area contributed by atoms with Gasteiger partial charge in [0.15, 0.2) is 0 Å². The lowest BCUT2D eigenvalue weighted by atomic mass is 9.87. The van der Waals surface area contributed by atoms with Crippen LogP contribution in [-0.4, -0.2) is 16.1 Å². The summed E-state index contributed by atoms with van der Waals surface area (Å²) in [7, 11) is 0. The Morgan fingerprint density at radius 1 is 0.889 bits per heavy atom. The second-order valence-corrected chi connectivity index (χ2v) is 6.81. The number of para-hydroxylation sites is 2. The zero-order valence-electron chi connectivity index (χ0n) is 14.2. The largest absolute Gasteiger partial charge is 0.422 e. The van der Waals surface area contributed by atoms with Gasteiger partial charge in [0.25, 0.3) is 0 Å². The topological polar surface area (TPSA) is 43.6 Å². The molecule has 136 valence electrons. The predicted molar refractivity (Wildman–Crippen MR) is 98.8 cm³/mol. The van der Waals surface area contributed by atoms with E-state index in [1.165, 1.54) is 12.3 Å². The number of hydrogen-bond donors (Lipinski definition) is 3. The van der Waals surface area contributed by atoms with E-state index in [9.17, 15) is 13.2 Å². The average molecular weight is 367 g/mol. The van der Waals surface area contributed by atoms with E-state index in [4.69, 9.17) is 0 Å². The SMILES string of the molecule is FC(F)(F)C1(c2ccc[nH]2)Nc2ccccc2Cc2c1[nH]c1ccccc21. The molecule has 0 bridgehead atoms. The number of benzene rings is 2. The van der Waals surface area contributed by atoms with Crippen LogP contribution >= 0.6 is 0 Å². The molecule has 0 amide bonds. The molecule has 0 radical (unpaired) electrons. The molecule has 0 aliphatic carbocycles. The number of aromatic amines is 2. The molecule has 2 aromatic heterocycles. The fraction of sp³-hybridized carbons (Fsp3) is 0.143. The van der Waals surface area contributed by atoms with E-state index >= 15 is 0 Å². The lowest BCUT2D eigenvalue weighted by Crippen LogP contribution is -2.50. The number of H-pyrrole nitrogens is 2. The Bertz CT molecular complexity index is 1130. The Morgan fingerprint density at radius 2 is 1.67 bits per heavy atom. The van der Waals surface area contributed by atoms with Crippen molar-refractivity contribution in [2.24, 2.45) is 0 Å². The van der Waals surface area contributed by atoms with Crippen LogP contribution < -0.4 is 5.32 Å². The van der Waals surface area contributed by atoms with Gasteiger partial charge in [-0.05, 0) is 35.4 Å². The molecule has 6 heteroatoms. The highest BCUT2D eigenvalue weighted by Crippen LogP contribution is 2.50. The van der Waals surface area contributed by atoms with Crippen molar-refractivity contribution in [1.82, 2.24) is 9.97 Å². The van der Waals surface area contributed by atoms with Crippen molar-refractivity contribution in [1.29, 1.82) is 0 Å². The Balaban J connectivity index is 1.93. The standard InChI is InChI=1S/C21H16F3N3/c22-21(23,24)20(18-10-5-11-25-18)19-15(14-7-2-4-9-17(14)26-19)12-13-6-1-3-8-16(13)27-20/h1-11,25-27H,12H2. The highest BCUT2D eigenvalue weighted by atomic mass is 19.4. The third kappa shape index (κ3) is 2.16. The van der Waals surface area contributed by atoms with Gasteiger partial charge in [-0.1, -0.05) is 36.4 Å². The van der Waals surface area contributed by atoms with Crippen LogP contribution in [0.1, 0.15) is 22.5 Å². The number of hydrogen-bond acceptors (Lipinski definition) is 1. The van der Waals surface area contributed by atoms with E-state index < -0.39 is 11.7 Å². The zero-order chi connectivity index (χ0) is 18.6. The second-order valence-electron chi connectivity index (χ2n) is 6.81. The summed E-state index contributed by atoms with van der Waals surface area (Å²) in [6, 6.07) is 17.6. The number of aromatic nitrogens is 2. The van der Waals surface area contributed by atoms with E-state index in [0.29, 0.717) is 23.2 Å². The minimum Gasteiger partial charge on any atom is -0.362 e. The molecular weight excluding hydrogens is 351 g/mol. The normalized spacial score (nSPS) is 19.2. The van der Waals surface area contributed by atoms with E-state index in [2.05, 4.69) is 15.3 Å². The van der Waals surface area contributed by atoms with Crippen LogP contribution in [0.15, 0.2) is 66.9 Å². The Morgan fingerprint density at radius 3 is 2.44 bits per heavy atom. The molecule has 3 heterocycles. The van der Waals surface area contributed by atoms with Crippen molar-refractivity contribution >= 4 is 16.6 Å². The van der Waals surface area contributed by atoms with Crippen molar-refractivity contribution in [2.75, 3.05) is 5.32 Å². The Hall–Kier alpha value is -3.15. The summed E-state index contributed by atoms with van der Waals surface area (Å²) in [5.41, 5.74) is 0.477. The maximum absolute atomic E-state index is 14.7. The van der Waals surface area contributed by atoms with Crippen molar-refractivity contribution in [2.45, 2.75) is 18.1 Å². The maximum Gasteiger partial charge on any atom is 0.422 e. The van der Waals surface area contributed by atoms with Gasteiger partial charge in [-0.25, -0.2) is 0 Å². The molecule has 1 atom stereocenters. The quantitative estimate of drug-likeness (QED) is 0.419. The third-order valence-electron chi connectivity index (χ3n) is 5.32. The third-order valence-corrected chi connectivity index (χ3v) is 5.32. The lowest BCUT2D eigenvalue weighted by Gasteiger charge is -2.36. The van der Waals surface area contributed by atoms with Crippen molar-refractivity contribution in [3.8, 4) is 0 Å². The molecule has 1 aliphatic heterocycles. The summed E-state index contributed by atoms with van der Waals surface area (Å²) in [6.45, 7) is 0. The molecule has 3 N–H and O–H groups in total. The lowest BCUT2D eigenvalue weighted by molar-refractivity contribution is -0.171. The van der Waals surface area contributed by atoms with Gasteiger partial charge < -0.3 is 15.3 Å². The van der Waals surface area contributed by atoms with Crippen molar-refractivity contribution in [3.63, 3.8) is 0 Å². The number of halogens is 3. The Labute approximate surface area is 153 Å². The average Bonchev–Trinajstić information content (AvgIpc) is 3.26. The van der Waals surface area contributed by atoms with E-state index in [1.54, 1.807) is 18.2 Å². The van der Waals surface area contributed by atoms with Crippen molar-refractivity contribution in [3.05, 3.63) is 89.4 Å². The fourth-order valence-corrected chi connectivity index (χ4v) is 4.09. The molecular formula is C21H16F3N3. The monoisotopic (exact) mass is 367 g/mol. The number of fused-ring (bicyclic) bond motifs is 4. The van der Waals surface area contributed by atoms with Crippen LogP contribution in [-0.2, 0) is 12.0 Å². The second kappa shape index (κ2) is 5.42. The van der Waals surface area contributed by atoms with Gasteiger partial charge in [-0.15, -0.1) is 0 Å². The van der Waals surface area contributed by atoms with Gasteiger partial charge in [0, 0.05) is 29.2 Å². The number of rotatable bonds is 1. The first-order valence-electron chi connectivity index (χ1n) is 8.67. The molecule has 0 saturated carbocycles. The van der Waals surface area contributed by atoms with E-state index in [1.807, 2.05) is 36.4 Å². The summed E-state index contributed by atoms with van der Waals surface area (Å²) < 4.78 is 44.2. The molecule has 1 aliphatic rings. The smallest absolute Gasteiger partial charge is 0.362 e. The highest BCUT2D eigenvalue weighted by Gasteiger charge is 2.61. The van der Waals surface area contributed by atoms with Gasteiger partial charge >= 0.3 is 6.18 Å². The van der Waals surface area contributed by atoms with Crippen LogP contribution in [0.5, 0.6) is 0 Å². The van der Waals surface area contributed by atoms with Crippen LogP contribution in [0, 0.1) is 0 Å². The zero-order valence-corrected chi connectivity index (χ0v) is 14.2. The first kappa shape index (κ1) is 16.1. The predicted octanol–water partition coefficient (Wildman–Crippen LogP) is 5.32. The molecule has 3 nitrogen and oxygen atoms in total. The first-order chi connectivity index (χ1) is 13.0. The molecule has 4 aromatic rings. The number of nitrogens with one attached hydrogen (secondary N) is 3. The van der Waals surface area contributed by atoms with Gasteiger partial charge in [0.1, 0.15) is 0 Å². The van der Waals surface area contributed by atoms with Gasteiger partial charge in [0.2, 0.25) is 5.54 Å². The number of alkyl halides is 3. The van der Waals surface area contributed by atoms with E-state index in [0.717, 1.165) is 10.9 Å². The summed E-state index contributed by atoms with van der Waals surface area (Å²) in [6.07, 6.45) is -2.64. The first-order valence-corrected chi connectivity index (χ1v) is 8.67. The van der Waals surface area contributed by atoms with Gasteiger partial charge in [-0.2, -0.15) is 13.2 Å². The maximum atomic E-state index is 14.7. The molecule has 27 heavy (non-hydrogen) atoms. The highest BCUT2D eigenvalue weighted by molar-refractivity contribution is 5.87. The minimum absolute atomic E-state index is 0.0551. The molecule has 0 spiro atoms. The summed E-state index contributed by atoms with van der Waals surface area (Å²) in [4.78, 5) is 5.87. The van der Waals surface area contributed by atoms with Crippen LogP contribution in [0.3, 0.4) is 0 Å².